The van der Waals surface area contributed by atoms with Crippen LogP contribution < -0.4 is 0 Å². The maximum Gasteiger partial charge on any atom is 0.148 e. The van der Waals surface area contributed by atoms with Crippen LogP contribution in [0.15, 0.2) is 12.2 Å². The van der Waals surface area contributed by atoms with Gasteiger partial charge in [-0.05, 0) is 35.5 Å². The summed E-state index contributed by atoms with van der Waals surface area (Å²) in [5.41, 5.74) is 0.974. The molecule has 0 saturated heterocycles. The number of carbonyl (C=O) groups is 1. The Morgan fingerprint density at radius 3 is 2.73 bits per heavy atom. The lowest BCUT2D eigenvalue weighted by molar-refractivity contribution is -0.144. The van der Waals surface area contributed by atoms with Crippen LogP contribution in [0.4, 0.5) is 0 Å². The fourth-order valence-electron chi connectivity index (χ4n) is 4.55. The van der Waals surface area contributed by atoms with E-state index in [1.807, 2.05) is 0 Å². The number of hydrogen-bond donors (Lipinski definition) is 0. The van der Waals surface area contributed by atoms with Gasteiger partial charge in [0.2, 0.25) is 0 Å². The largest absolute Gasteiger partial charge is 0.295 e. The molecule has 0 aromatic rings. The molecule has 0 aliphatic heterocycles. The van der Waals surface area contributed by atoms with E-state index in [9.17, 15) is 4.79 Å². The molecule has 5 unspecified atom stereocenters. The van der Waals surface area contributed by atoms with Crippen LogP contribution in [0.25, 0.3) is 0 Å². The lowest BCUT2D eigenvalue weighted by atomic mass is 9.41. The molecule has 2 rings (SSSR count). The van der Waals surface area contributed by atoms with Gasteiger partial charge in [-0.25, -0.2) is 0 Å². The van der Waals surface area contributed by atoms with Crippen LogP contribution >= 0.6 is 9.24 Å². The Bertz CT molecular complexity index is 322. The SMILES string of the molecule is CC1C=CCC2(C)CC(C)(CC(=O)P)C12. The van der Waals surface area contributed by atoms with Gasteiger partial charge in [0.1, 0.15) is 5.52 Å². The van der Waals surface area contributed by atoms with Crippen LogP contribution in [0, 0.1) is 22.7 Å². The van der Waals surface area contributed by atoms with Crippen molar-refractivity contribution < 1.29 is 4.79 Å². The van der Waals surface area contributed by atoms with Gasteiger partial charge in [-0.2, -0.15) is 0 Å². The smallest absolute Gasteiger partial charge is 0.148 e. The first kappa shape index (κ1) is 11.3. The predicted octanol–water partition coefficient (Wildman–Crippen LogP) is 3.41. The number of rotatable bonds is 2. The van der Waals surface area contributed by atoms with E-state index in [0.29, 0.717) is 17.3 Å². The van der Waals surface area contributed by atoms with E-state index in [-0.39, 0.29) is 10.9 Å². The second kappa shape index (κ2) is 3.42. The predicted molar refractivity (Wildman–Crippen MR) is 66.6 cm³/mol. The molecule has 1 saturated carbocycles. The molecular weight excluding hydrogens is 203 g/mol. The minimum atomic E-state index is 0.248. The van der Waals surface area contributed by atoms with Crippen LogP contribution in [0.1, 0.15) is 40.0 Å². The highest BCUT2D eigenvalue weighted by molar-refractivity contribution is 7.40. The molecule has 5 atom stereocenters. The average molecular weight is 224 g/mol. The Morgan fingerprint density at radius 2 is 2.20 bits per heavy atom. The molecule has 0 amide bonds. The number of carbonyl (C=O) groups excluding carboxylic acids is 1. The molecule has 0 heterocycles. The average Bonchev–Trinajstić information content (AvgIpc) is 1.98. The van der Waals surface area contributed by atoms with E-state index in [1.54, 1.807) is 0 Å². The second-order valence-electron chi connectivity index (χ2n) is 6.10. The van der Waals surface area contributed by atoms with E-state index in [4.69, 9.17) is 0 Å². The van der Waals surface area contributed by atoms with E-state index in [2.05, 4.69) is 42.2 Å². The maximum absolute atomic E-state index is 11.3. The first-order valence-corrected chi connectivity index (χ1v) is 6.40. The molecule has 2 heteroatoms. The number of fused-ring (bicyclic) bond motifs is 1. The minimum absolute atomic E-state index is 0.248. The third kappa shape index (κ3) is 1.69. The molecule has 1 nitrogen and oxygen atoms in total. The maximum atomic E-state index is 11.3. The first-order chi connectivity index (χ1) is 6.87. The lowest BCUT2D eigenvalue weighted by Crippen LogP contribution is -2.57. The zero-order valence-electron chi connectivity index (χ0n) is 9.92. The molecular formula is C13H21OP. The lowest BCUT2D eigenvalue weighted by Gasteiger charge is -2.64. The standard InChI is InChI=1S/C13H21OP/c1-9-5-4-6-12(2)8-13(3,11(9)12)7-10(14)15/h4-5,9,11H,6-8,15H2,1-3H3. The second-order valence-corrected chi connectivity index (χ2v) is 6.74. The summed E-state index contributed by atoms with van der Waals surface area (Å²) >= 11 is 0. The highest BCUT2D eigenvalue weighted by Crippen LogP contribution is 2.66. The van der Waals surface area contributed by atoms with Crippen molar-refractivity contribution in [2.45, 2.75) is 40.0 Å². The van der Waals surface area contributed by atoms with E-state index < -0.39 is 0 Å². The van der Waals surface area contributed by atoms with Gasteiger partial charge >= 0.3 is 0 Å². The summed E-state index contributed by atoms with van der Waals surface area (Å²) in [7, 11) is 2.33. The summed E-state index contributed by atoms with van der Waals surface area (Å²) in [5.74, 6) is 1.33. The molecule has 0 radical (unpaired) electrons. The third-order valence-electron chi connectivity index (χ3n) is 4.44. The van der Waals surface area contributed by atoms with Crippen LogP contribution in [0.3, 0.4) is 0 Å². The first-order valence-electron chi connectivity index (χ1n) is 5.82. The van der Waals surface area contributed by atoms with Crippen LogP contribution in [-0.2, 0) is 4.79 Å². The molecule has 84 valence electrons. The van der Waals surface area contributed by atoms with E-state index in [0.717, 1.165) is 6.42 Å². The number of hydrogen-bond acceptors (Lipinski definition) is 1. The van der Waals surface area contributed by atoms with Gasteiger partial charge in [0.05, 0.1) is 0 Å². The fraction of sp³-hybridized carbons (Fsp3) is 0.769. The van der Waals surface area contributed by atoms with Gasteiger partial charge in [-0.3, -0.25) is 4.79 Å². The molecule has 1 fully saturated rings. The van der Waals surface area contributed by atoms with Crippen molar-refractivity contribution in [1.29, 1.82) is 0 Å². The topological polar surface area (TPSA) is 17.1 Å². The summed E-state index contributed by atoms with van der Waals surface area (Å²) in [4.78, 5) is 11.3. The normalized spacial score (nSPS) is 48.3. The van der Waals surface area contributed by atoms with Gasteiger partial charge < -0.3 is 0 Å². The molecule has 2 aliphatic rings. The van der Waals surface area contributed by atoms with Crippen molar-refractivity contribution in [2.75, 3.05) is 0 Å². The Labute approximate surface area is 94.9 Å². The highest BCUT2D eigenvalue weighted by atomic mass is 31.0. The summed E-state index contributed by atoms with van der Waals surface area (Å²) in [6.07, 6.45) is 7.79. The summed E-state index contributed by atoms with van der Waals surface area (Å²) in [5, 5.41) is 0. The van der Waals surface area contributed by atoms with Crippen LogP contribution in [-0.4, -0.2) is 5.52 Å². The quantitative estimate of drug-likeness (QED) is 0.519. The Balaban J connectivity index is 2.21. The van der Waals surface area contributed by atoms with Crippen molar-refractivity contribution in [2.24, 2.45) is 22.7 Å². The van der Waals surface area contributed by atoms with Crippen molar-refractivity contribution in [3.63, 3.8) is 0 Å². The van der Waals surface area contributed by atoms with Crippen molar-refractivity contribution in [3.8, 4) is 0 Å². The Morgan fingerprint density at radius 1 is 1.53 bits per heavy atom. The summed E-state index contributed by atoms with van der Waals surface area (Å²) in [6.45, 7) is 6.97. The molecule has 0 bridgehead atoms. The monoisotopic (exact) mass is 224 g/mol. The summed E-state index contributed by atoms with van der Waals surface area (Å²) < 4.78 is 0. The van der Waals surface area contributed by atoms with Crippen LogP contribution in [0.2, 0.25) is 0 Å². The highest BCUT2D eigenvalue weighted by Gasteiger charge is 2.59. The Kier molecular flexibility index (Phi) is 2.58. The minimum Gasteiger partial charge on any atom is -0.295 e. The van der Waals surface area contributed by atoms with E-state index >= 15 is 0 Å². The Hall–Kier alpha value is -0.160. The molecule has 0 aromatic heterocycles. The number of allylic oxidation sites excluding steroid dienone is 2. The molecule has 15 heavy (non-hydrogen) atoms. The van der Waals surface area contributed by atoms with Gasteiger partial charge in [0.15, 0.2) is 0 Å². The zero-order valence-corrected chi connectivity index (χ0v) is 11.1. The van der Waals surface area contributed by atoms with Gasteiger partial charge in [0, 0.05) is 6.42 Å². The summed E-state index contributed by atoms with van der Waals surface area (Å²) in [6, 6.07) is 0. The van der Waals surface area contributed by atoms with Gasteiger partial charge in [-0.1, -0.05) is 42.2 Å². The third-order valence-corrected chi connectivity index (χ3v) is 4.64. The van der Waals surface area contributed by atoms with Crippen molar-refractivity contribution in [3.05, 3.63) is 12.2 Å². The molecule has 0 aromatic carbocycles. The molecule has 0 N–H and O–H groups in total. The molecule has 0 spiro atoms. The van der Waals surface area contributed by atoms with Crippen molar-refractivity contribution >= 4 is 14.8 Å². The van der Waals surface area contributed by atoms with Crippen molar-refractivity contribution in [1.82, 2.24) is 0 Å². The molecule has 2 aliphatic carbocycles. The zero-order chi connectivity index (χ0) is 11.3. The fourth-order valence-corrected chi connectivity index (χ4v) is 5.02. The van der Waals surface area contributed by atoms with Gasteiger partial charge in [0.25, 0.3) is 0 Å². The van der Waals surface area contributed by atoms with E-state index in [1.165, 1.54) is 12.8 Å². The van der Waals surface area contributed by atoms with Gasteiger partial charge in [-0.15, -0.1) is 0 Å². The van der Waals surface area contributed by atoms with Crippen LogP contribution in [0.5, 0.6) is 0 Å².